The van der Waals surface area contributed by atoms with E-state index in [-0.39, 0.29) is 6.03 Å². The molecule has 1 heterocycles. The number of piperazine rings is 1. The van der Waals surface area contributed by atoms with Crippen LogP contribution < -0.4 is 19.7 Å². The maximum absolute atomic E-state index is 12.8. The summed E-state index contributed by atoms with van der Waals surface area (Å²) in [5.41, 5.74) is 4.35. The fourth-order valence-electron chi connectivity index (χ4n) is 3.79. The zero-order valence-corrected chi connectivity index (χ0v) is 18.5. The van der Waals surface area contributed by atoms with Crippen molar-refractivity contribution in [2.75, 3.05) is 50.6 Å². The number of nitrogens with zero attached hydrogens (tertiary/aromatic N) is 2. The number of methoxy groups -OCH3 is 2. The number of urea groups is 1. The number of carbonyl (C=O) groups excluding carboxylic acids is 1. The summed E-state index contributed by atoms with van der Waals surface area (Å²) in [6.07, 6.45) is 3.46. The van der Waals surface area contributed by atoms with E-state index in [1.165, 1.54) is 18.4 Å². The van der Waals surface area contributed by atoms with E-state index in [1.807, 2.05) is 29.2 Å². The number of hydrogen-bond donors (Lipinski definition) is 1. The molecule has 1 N–H and O–H groups in total. The first-order valence-electron chi connectivity index (χ1n) is 10.7. The highest BCUT2D eigenvalue weighted by molar-refractivity contribution is 5.90. The zero-order valence-electron chi connectivity index (χ0n) is 18.5. The lowest BCUT2D eigenvalue weighted by Crippen LogP contribution is -2.50. The van der Waals surface area contributed by atoms with E-state index in [2.05, 4.69) is 36.2 Å². The first-order valence-corrected chi connectivity index (χ1v) is 10.7. The van der Waals surface area contributed by atoms with E-state index >= 15 is 0 Å². The third-order valence-electron chi connectivity index (χ3n) is 5.65. The molecule has 2 aromatic carbocycles. The molecule has 30 heavy (non-hydrogen) atoms. The molecule has 0 bridgehead atoms. The fraction of sp³-hybridized carbons (Fsp3) is 0.458. The minimum absolute atomic E-state index is 0.0410. The molecule has 0 aromatic heterocycles. The molecule has 0 unspecified atom stereocenters. The van der Waals surface area contributed by atoms with Gasteiger partial charge in [-0.05, 0) is 49.1 Å². The summed E-state index contributed by atoms with van der Waals surface area (Å²) in [4.78, 5) is 16.9. The third kappa shape index (κ3) is 5.17. The van der Waals surface area contributed by atoms with Crippen LogP contribution in [0.1, 0.15) is 30.9 Å². The number of hydrogen-bond acceptors (Lipinski definition) is 4. The first-order chi connectivity index (χ1) is 14.5. The molecule has 3 rings (SSSR count). The third-order valence-corrected chi connectivity index (χ3v) is 5.65. The Labute approximate surface area is 179 Å². The largest absolute Gasteiger partial charge is 0.497 e. The van der Waals surface area contributed by atoms with Crippen LogP contribution in [0.5, 0.6) is 11.5 Å². The van der Waals surface area contributed by atoms with E-state index in [1.54, 1.807) is 14.2 Å². The Bertz CT molecular complexity index is 861. The molecule has 0 spiro atoms. The van der Waals surface area contributed by atoms with E-state index in [9.17, 15) is 4.79 Å². The van der Waals surface area contributed by atoms with E-state index < -0.39 is 0 Å². The minimum atomic E-state index is -0.0410. The Morgan fingerprint density at radius 2 is 1.80 bits per heavy atom. The highest BCUT2D eigenvalue weighted by atomic mass is 16.5. The minimum Gasteiger partial charge on any atom is -0.497 e. The number of unbranched alkanes of at least 4 members (excludes halogenated alkanes) is 1. The number of benzene rings is 2. The van der Waals surface area contributed by atoms with Crippen LogP contribution in [-0.2, 0) is 6.42 Å². The highest BCUT2D eigenvalue weighted by Gasteiger charge is 2.23. The monoisotopic (exact) mass is 411 g/mol. The van der Waals surface area contributed by atoms with Crippen LogP contribution in [0.25, 0.3) is 0 Å². The Kier molecular flexibility index (Phi) is 7.44. The van der Waals surface area contributed by atoms with Crippen molar-refractivity contribution in [1.29, 1.82) is 0 Å². The van der Waals surface area contributed by atoms with Crippen LogP contribution in [0.2, 0.25) is 0 Å². The number of carbonyl (C=O) groups is 1. The molecular formula is C24H33N3O3. The summed E-state index contributed by atoms with van der Waals surface area (Å²) in [5.74, 6) is 1.55. The molecule has 2 amide bonds. The topological polar surface area (TPSA) is 54.0 Å². The quantitative estimate of drug-likeness (QED) is 0.717. The van der Waals surface area contributed by atoms with Gasteiger partial charge in [-0.2, -0.15) is 0 Å². The molecule has 1 aliphatic rings. The Morgan fingerprint density at radius 1 is 1.03 bits per heavy atom. The molecule has 162 valence electrons. The summed E-state index contributed by atoms with van der Waals surface area (Å²) >= 11 is 0. The predicted molar refractivity (Wildman–Crippen MR) is 122 cm³/mol. The molecule has 0 saturated carbocycles. The van der Waals surface area contributed by atoms with Crippen LogP contribution in [0.15, 0.2) is 36.4 Å². The normalized spacial score (nSPS) is 13.9. The SMILES string of the molecule is CCCCc1ccc(NC(=O)N2CCN(c3ccc(OC)cc3OC)CC2)c(C)c1. The molecular weight excluding hydrogens is 378 g/mol. The summed E-state index contributed by atoms with van der Waals surface area (Å²) in [6.45, 7) is 7.09. The van der Waals surface area contributed by atoms with Crippen molar-refractivity contribution < 1.29 is 14.3 Å². The Balaban J connectivity index is 1.58. The van der Waals surface area contributed by atoms with Crippen molar-refractivity contribution in [3.05, 3.63) is 47.5 Å². The summed E-state index contributed by atoms with van der Waals surface area (Å²) in [5, 5.41) is 3.08. The van der Waals surface area contributed by atoms with Crippen LogP contribution in [0, 0.1) is 6.92 Å². The molecule has 2 aromatic rings. The highest BCUT2D eigenvalue weighted by Crippen LogP contribution is 2.32. The second kappa shape index (κ2) is 10.2. The van der Waals surface area contributed by atoms with E-state index in [4.69, 9.17) is 9.47 Å². The van der Waals surface area contributed by atoms with Gasteiger partial charge in [-0.25, -0.2) is 4.79 Å². The van der Waals surface area contributed by atoms with Crippen molar-refractivity contribution in [2.45, 2.75) is 33.1 Å². The van der Waals surface area contributed by atoms with E-state index in [0.717, 1.165) is 47.9 Å². The van der Waals surface area contributed by atoms with Crippen molar-refractivity contribution in [1.82, 2.24) is 4.90 Å². The number of ether oxygens (including phenoxy) is 2. The van der Waals surface area contributed by atoms with E-state index in [0.29, 0.717) is 13.1 Å². The van der Waals surface area contributed by atoms with Gasteiger partial charge in [0.25, 0.3) is 0 Å². The number of rotatable bonds is 7. The summed E-state index contributed by atoms with van der Waals surface area (Å²) in [7, 11) is 3.31. The fourth-order valence-corrected chi connectivity index (χ4v) is 3.79. The first kappa shape index (κ1) is 21.8. The van der Waals surface area contributed by atoms with Gasteiger partial charge < -0.3 is 24.6 Å². The number of aryl methyl sites for hydroxylation is 2. The Morgan fingerprint density at radius 3 is 2.43 bits per heavy atom. The predicted octanol–water partition coefficient (Wildman–Crippen LogP) is 4.71. The van der Waals surface area contributed by atoms with Gasteiger partial charge in [-0.1, -0.05) is 25.5 Å². The smallest absolute Gasteiger partial charge is 0.321 e. The lowest BCUT2D eigenvalue weighted by molar-refractivity contribution is 0.208. The van der Waals surface area contributed by atoms with Crippen LogP contribution in [0.3, 0.4) is 0 Å². The lowest BCUT2D eigenvalue weighted by Gasteiger charge is -2.36. The number of nitrogens with one attached hydrogen (secondary N) is 1. The van der Waals surface area contributed by atoms with Gasteiger partial charge >= 0.3 is 6.03 Å². The molecule has 1 saturated heterocycles. The summed E-state index contributed by atoms with van der Waals surface area (Å²) in [6, 6.07) is 12.1. The summed E-state index contributed by atoms with van der Waals surface area (Å²) < 4.78 is 10.8. The molecule has 6 nitrogen and oxygen atoms in total. The molecule has 0 aliphatic carbocycles. The lowest BCUT2D eigenvalue weighted by atomic mass is 10.0. The van der Waals surface area contributed by atoms with Crippen LogP contribution in [-0.4, -0.2) is 51.3 Å². The van der Waals surface area contributed by atoms with Gasteiger partial charge in [0.15, 0.2) is 0 Å². The van der Waals surface area contributed by atoms with Crippen molar-refractivity contribution in [2.24, 2.45) is 0 Å². The van der Waals surface area contributed by atoms with Crippen LogP contribution >= 0.6 is 0 Å². The van der Waals surface area contributed by atoms with Crippen molar-refractivity contribution in [3.63, 3.8) is 0 Å². The van der Waals surface area contributed by atoms with Gasteiger partial charge in [0.2, 0.25) is 0 Å². The van der Waals surface area contributed by atoms with Gasteiger partial charge in [0, 0.05) is 37.9 Å². The zero-order chi connectivity index (χ0) is 21.5. The van der Waals surface area contributed by atoms with Gasteiger partial charge in [0.05, 0.1) is 19.9 Å². The van der Waals surface area contributed by atoms with Crippen LogP contribution in [0.4, 0.5) is 16.2 Å². The Hall–Kier alpha value is -2.89. The number of anilines is 2. The average Bonchev–Trinajstić information content (AvgIpc) is 2.78. The second-order valence-corrected chi connectivity index (χ2v) is 7.69. The number of amides is 2. The van der Waals surface area contributed by atoms with Crippen molar-refractivity contribution >= 4 is 17.4 Å². The molecule has 1 fully saturated rings. The maximum Gasteiger partial charge on any atom is 0.321 e. The van der Waals surface area contributed by atoms with Crippen molar-refractivity contribution in [3.8, 4) is 11.5 Å². The average molecular weight is 412 g/mol. The molecule has 6 heteroatoms. The van der Waals surface area contributed by atoms with Gasteiger partial charge in [-0.3, -0.25) is 0 Å². The molecule has 0 atom stereocenters. The standard InChI is InChI=1S/C24H33N3O3/c1-5-6-7-19-8-10-21(18(2)16-19)25-24(28)27-14-12-26(13-15-27)22-11-9-20(29-3)17-23(22)30-4/h8-11,16-17H,5-7,12-15H2,1-4H3,(H,25,28). The maximum atomic E-state index is 12.8. The van der Waals surface area contributed by atoms with Gasteiger partial charge in [0.1, 0.15) is 11.5 Å². The molecule has 0 radical (unpaired) electrons. The second-order valence-electron chi connectivity index (χ2n) is 7.69. The molecule has 1 aliphatic heterocycles. The van der Waals surface area contributed by atoms with Gasteiger partial charge in [-0.15, -0.1) is 0 Å².